The van der Waals surface area contributed by atoms with E-state index in [9.17, 15) is 0 Å². The lowest BCUT2D eigenvalue weighted by atomic mass is 9.36. The maximum absolute atomic E-state index is 2.59. The summed E-state index contributed by atoms with van der Waals surface area (Å²) in [6, 6.07) is 46.6. The van der Waals surface area contributed by atoms with Crippen molar-refractivity contribution in [1.29, 1.82) is 0 Å². The van der Waals surface area contributed by atoms with Crippen LogP contribution >= 0.6 is 34.9 Å². The minimum absolute atomic E-state index is 0.00678. The Kier molecular flexibility index (Phi) is 8.09. The molecule has 6 aromatic carbocycles. The van der Waals surface area contributed by atoms with Crippen molar-refractivity contribution in [2.24, 2.45) is 0 Å². The first-order chi connectivity index (χ1) is 26.7. The van der Waals surface area contributed by atoms with Gasteiger partial charge in [-0.3, -0.25) is 0 Å². The van der Waals surface area contributed by atoms with E-state index in [2.05, 4.69) is 193 Å². The number of rotatable bonds is 2. The lowest BCUT2D eigenvalue weighted by molar-refractivity contribution is 0.590. The Labute approximate surface area is 345 Å². The van der Waals surface area contributed by atoms with Crippen LogP contribution in [-0.2, 0) is 16.2 Å². The molecule has 6 heteroatoms. The van der Waals surface area contributed by atoms with Crippen molar-refractivity contribution in [2.75, 3.05) is 9.80 Å². The molecule has 10 rings (SSSR count). The molecule has 2 nitrogen and oxygen atoms in total. The Morgan fingerprint density at radius 2 is 1.04 bits per heavy atom. The lowest BCUT2D eigenvalue weighted by Gasteiger charge is -2.43. The summed E-state index contributed by atoms with van der Waals surface area (Å²) in [6.07, 6.45) is 0. The highest BCUT2D eigenvalue weighted by molar-refractivity contribution is 8.05. The predicted molar refractivity (Wildman–Crippen MR) is 247 cm³/mol. The second-order valence-electron chi connectivity index (χ2n) is 18.7. The van der Waals surface area contributed by atoms with Crippen LogP contribution in [0, 0.1) is 0 Å². The molecule has 0 saturated heterocycles. The van der Waals surface area contributed by atoms with E-state index >= 15 is 0 Å². The van der Waals surface area contributed by atoms with E-state index in [1.54, 1.807) is 0 Å². The Bertz CT molecular complexity index is 2710. The monoisotopic (exact) mass is 782 g/mol. The quantitative estimate of drug-likeness (QED) is 0.161. The number of anilines is 6. The highest BCUT2D eigenvalue weighted by Crippen LogP contribution is 2.55. The lowest BCUT2D eigenvalue weighted by Crippen LogP contribution is -2.60. The van der Waals surface area contributed by atoms with Crippen molar-refractivity contribution in [2.45, 2.75) is 98.1 Å². The van der Waals surface area contributed by atoms with Gasteiger partial charge in [0.05, 0.1) is 10.4 Å². The summed E-state index contributed by atoms with van der Waals surface area (Å²) < 4.78 is 2.81. The van der Waals surface area contributed by atoms with Gasteiger partial charge in [-0.15, -0.1) is 11.3 Å². The van der Waals surface area contributed by atoms with Crippen molar-refractivity contribution in [3.8, 4) is 0 Å². The molecular weight excluding hydrogens is 736 g/mol. The van der Waals surface area contributed by atoms with E-state index < -0.39 is 0 Å². The third-order valence-corrected chi connectivity index (χ3v) is 15.8. The highest BCUT2D eigenvalue weighted by Gasteiger charge is 2.46. The molecule has 0 atom stereocenters. The van der Waals surface area contributed by atoms with Crippen LogP contribution in [0.25, 0.3) is 10.1 Å². The maximum atomic E-state index is 2.59. The topological polar surface area (TPSA) is 6.48 Å². The molecule has 278 valence electrons. The third kappa shape index (κ3) is 5.61. The molecule has 0 saturated carbocycles. The van der Waals surface area contributed by atoms with Gasteiger partial charge in [-0.1, -0.05) is 147 Å². The fourth-order valence-electron chi connectivity index (χ4n) is 8.70. The van der Waals surface area contributed by atoms with Crippen LogP contribution in [0.4, 0.5) is 34.1 Å². The van der Waals surface area contributed by atoms with Gasteiger partial charge < -0.3 is 9.80 Å². The average Bonchev–Trinajstić information content (AvgIpc) is 3.55. The average molecular weight is 783 g/mol. The van der Waals surface area contributed by atoms with E-state index in [1.165, 1.54) is 96.2 Å². The van der Waals surface area contributed by atoms with Crippen molar-refractivity contribution in [3.63, 3.8) is 0 Å². The summed E-state index contributed by atoms with van der Waals surface area (Å²) >= 11 is 5.87. The van der Waals surface area contributed by atoms with Gasteiger partial charge in [0.25, 0.3) is 6.71 Å². The summed E-state index contributed by atoms with van der Waals surface area (Å²) in [4.78, 5) is 10.6. The molecule has 56 heavy (non-hydrogen) atoms. The van der Waals surface area contributed by atoms with Crippen molar-refractivity contribution in [1.82, 2.24) is 0 Å². The zero-order chi connectivity index (χ0) is 38.9. The number of hydrogen-bond acceptors (Lipinski definition) is 5. The normalized spacial score (nSPS) is 14.6. The molecule has 0 radical (unpaired) electrons. The molecule has 0 N–H and O–H groups in total. The molecule has 0 aliphatic carbocycles. The summed E-state index contributed by atoms with van der Waals surface area (Å²) in [7, 11) is 0. The van der Waals surface area contributed by atoms with Crippen molar-refractivity contribution < 1.29 is 0 Å². The van der Waals surface area contributed by atoms with Gasteiger partial charge in [0.1, 0.15) is 0 Å². The SMILES string of the molecule is CC(C)(C)c1ccc(N2c3ccc(C(C)(C)C)cc3B3c4sc5c6c(ccc5c4N(c4ccc(C(C)(C)C)cc4)c4cccc2c43)Sc2ccccc2S6)cc1. The summed E-state index contributed by atoms with van der Waals surface area (Å²) in [5, 5.41) is 1.33. The second kappa shape index (κ2) is 12.6. The third-order valence-electron chi connectivity index (χ3n) is 11.8. The van der Waals surface area contributed by atoms with Gasteiger partial charge in [0.2, 0.25) is 0 Å². The van der Waals surface area contributed by atoms with Crippen LogP contribution in [0.3, 0.4) is 0 Å². The highest BCUT2D eigenvalue weighted by atomic mass is 32.2. The summed E-state index contributed by atoms with van der Waals surface area (Å²) in [5.74, 6) is 0. The van der Waals surface area contributed by atoms with Gasteiger partial charge in [-0.2, -0.15) is 0 Å². The molecule has 7 aromatic rings. The summed E-state index contributed by atoms with van der Waals surface area (Å²) in [6.45, 7) is 20.9. The first kappa shape index (κ1) is 36.0. The van der Waals surface area contributed by atoms with Gasteiger partial charge in [-0.05, 0) is 105 Å². The van der Waals surface area contributed by atoms with Crippen LogP contribution in [0.5, 0.6) is 0 Å². The van der Waals surface area contributed by atoms with Crippen LogP contribution in [0.1, 0.15) is 79.0 Å². The zero-order valence-electron chi connectivity index (χ0n) is 33.7. The Balaban J connectivity index is 1.27. The van der Waals surface area contributed by atoms with Crippen LogP contribution < -0.4 is 25.5 Å². The smallest absolute Gasteiger partial charge is 0.264 e. The Morgan fingerprint density at radius 3 is 1.64 bits per heavy atom. The fraction of sp³-hybridized carbons (Fsp3) is 0.240. The molecule has 0 bridgehead atoms. The fourth-order valence-corrected chi connectivity index (χ4v) is 12.7. The maximum Gasteiger partial charge on any atom is 0.264 e. The van der Waals surface area contributed by atoms with Crippen molar-refractivity contribution >= 4 is 101 Å². The van der Waals surface area contributed by atoms with E-state index in [0.717, 1.165) is 0 Å². The molecule has 0 fully saturated rings. The number of hydrogen-bond donors (Lipinski definition) is 0. The molecule has 3 aliphatic rings. The van der Waals surface area contributed by atoms with E-state index in [-0.39, 0.29) is 23.0 Å². The summed E-state index contributed by atoms with van der Waals surface area (Å²) in [5.41, 5.74) is 14.5. The number of fused-ring (bicyclic) bond motifs is 9. The molecule has 4 heterocycles. The van der Waals surface area contributed by atoms with Gasteiger partial charge in [0.15, 0.2) is 0 Å². The predicted octanol–water partition coefficient (Wildman–Crippen LogP) is 13.5. The van der Waals surface area contributed by atoms with E-state index in [1.807, 2.05) is 34.9 Å². The molecule has 0 unspecified atom stereocenters. The standard InChI is InChI=1S/C50H47BN2S3/c1-48(2,3)30-17-22-33(23-18-30)52-37-27-21-32(50(7,8)9)29-36(37)51-43-38(52)13-12-14-39(43)53(34-24-19-31(20-25-34)49(4,5)6)44-35-26-28-42-46(45(35)56-47(44)51)55-41-16-11-10-15-40(41)54-42/h10-29H,1-9H3. The van der Waals surface area contributed by atoms with E-state index in [0.29, 0.717) is 0 Å². The van der Waals surface area contributed by atoms with Crippen LogP contribution in [0.15, 0.2) is 141 Å². The number of benzene rings is 6. The number of thiophene rings is 1. The minimum atomic E-state index is 0.00678. The van der Waals surface area contributed by atoms with Crippen LogP contribution in [-0.4, -0.2) is 6.71 Å². The molecular formula is C50H47BN2S3. The zero-order valence-corrected chi connectivity index (χ0v) is 36.2. The number of nitrogens with zero attached hydrogens (tertiary/aromatic N) is 2. The van der Waals surface area contributed by atoms with E-state index in [4.69, 9.17) is 0 Å². The molecule has 1 aromatic heterocycles. The van der Waals surface area contributed by atoms with Crippen LogP contribution in [0.2, 0.25) is 0 Å². The molecule has 0 amide bonds. The van der Waals surface area contributed by atoms with Gasteiger partial charge >= 0.3 is 0 Å². The first-order valence-corrected chi connectivity index (χ1v) is 22.2. The first-order valence-electron chi connectivity index (χ1n) is 19.8. The largest absolute Gasteiger partial charge is 0.311 e. The van der Waals surface area contributed by atoms with Gasteiger partial charge in [0, 0.05) is 58.2 Å². The second-order valence-corrected chi connectivity index (χ2v) is 21.9. The molecule has 3 aliphatic heterocycles. The van der Waals surface area contributed by atoms with Gasteiger partial charge in [-0.25, -0.2) is 0 Å². The Morgan fingerprint density at radius 1 is 0.482 bits per heavy atom. The van der Waals surface area contributed by atoms with Crippen molar-refractivity contribution in [3.05, 3.63) is 138 Å². The minimum Gasteiger partial charge on any atom is -0.311 e. The molecule has 0 spiro atoms. The Hall–Kier alpha value is -4.36.